The fourth-order valence-corrected chi connectivity index (χ4v) is 7.44. The number of benzene rings is 1. The molecule has 0 spiro atoms. The van der Waals surface area contributed by atoms with Gasteiger partial charge in [0.1, 0.15) is 10.8 Å². The lowest BCUT2D eigenvalue weighted by Crippen LogP contribution is -2.36. The molecule has 0 bridgehead atoms. The van der Waals surface area contributed by atoms with E-state index in [0.29, 0.717) is 29.2 Å². The summed E-state index contributed by atoms with van der Waals surface area (Å²) >= 11 is 1.45. The largest absolute Gasteiger partial charge is 0.494 e. The molecule has 1 aromatic carbocycles. The van der Waals surface area contributed by atoms with E-state index in [1.807, 2.05) is 0 Å². The summed E-state index contributed by atoms with van der Waals surface area (Å²) in [5.74, 6) is 0.216. The molecule has 1 saturated heterocycles. The van der Waals surface area contributed by atoms with Gasteiger partial charge in [-0.1, -0.05) is 19.8 Å². The highest BCUT2D eigenvalue weighted by molar-refractivity contribution is 7.91. The van der Waals surface area contributed by atoms with Crippen LogP contribution in [-0.4, -0.2) is 44.4 Å². The first kappa shape index (κ1) is 24.7. The third kappa shape index (κ3) is 5.99. The van der Waals surface area contributed by atoms with Crippen molar-refractivity contribution in [3.8, 4) is 5.75 Å². The van der Waals surface area contributed by atoms with Crippen LogP contribution in [0.1, 0.15) is 76.6 Å². The lowest BCUT2D eigenvalue weighted by molar-refractivity contribution is 0.0941. The van der Waals surface area contributed by atoms with Gasteiger partial charge in [0.05, 0.1) is 23.7 Å². The predicted octanol–water partition coefficient (Wildman–Crippen LogP) is 4.37. The molecule has 1 aromatic heterocycles. The second-order valence-electron chi connectivity index (χ2n) is 9.02. The molecule has 34 heavy (non-hydrogen) atoms. The number of carbonyl (C=O) groups excluding carboxylic acids is 2. The number of carbonyl (C=O) groups is 2. The lowest BCUT2D eigenvalue weighted by Gasteiger charge is -2.15. The molecule has 0 unspecified atom stereocenters. The van der Waals surface area contributed by atoms with Crippen LogP contribution in [0, 0.1) is 0 Å². The van der Waals surface area contributed by atoms with E-state index >= 15 is 0 Å². The molecule has 9 heteroatoms. The van der Waals surface area contributed by atoms with Gasteiger partial charge in [-0.15, -0.1) is 11.3 Å². The van der Waals surface area contributed by atoms with Crippen molar-refractivity contribution in [3.63, 3.8) is 0 Å². The van der Waals surface area contributed by atoms with Crippen LogP contribution in [-0.2, 0) is 22.7 Å². The van der Waals surface area contributed by atoms with Crippen LogP contribution < -0.4 is 15.4 Å². The summed E-state index contributed by atoms with van der Waals surface area (Å²) in [6.07, 6.45) is 7.41. The van der Waals surface area contributed by atoms with Gasteiger partial charge in [0, 0.05) is 16.5 Å². The Hall–Kier alpha value is -2.39. The second-order valence-corrected chi connectivity index (χ2v) is 12.4. The van der Waals surface area contributed by atoms with Gasteiger partial charge in [0.2, 0.25) is 0 Å². The molecule has 1 atom stereocenters. The van der Waals surface area contributed by atoms with Crippen LogP contribution in [0.25, 0.3) is 0 Å². The first-order valence-electron chi connectivity index (χ1n) is 12.1. The van der Waals surface area contributed by atoms with Crippen LogP contribution in [0.5, 0.6) is 5.75 Å². The number of sulfone groups is 1. The highest BCUT2D eigenvalue weighted by atomic mass is 32.2. The molecule has 184 valence electrons. The van der Waals surface area contributed by atoms with Crippen LogP contribution in [0.4, 0.5) is 5.00 Å². The second kappa shape index (κ2) is 10.9. The van der Waals surface area contributed by atoms with Crippen molar-refractivity contribution in [2.24, 2.45) is 0 Å². The van der Waals surface area contributed by atoms with Crippen molar-refractivity contribution in [1.29, 1.82) is 0 Å². The van der Waals surface area contributed by atoms with Crippen molar-refractivity contribution in [2.45, 2.75) is 64.3 Å². The topological polar surface area (TPSA) is 102 Å². The van der Waals surface area contributed by atoms with Crippen LogP contribution >= 0.6 is 11.3 Å². The highest BCUT2D eigenvalue weighted by Gasteiger charge is 2.32. The molecule has 4 rings (SSSR count). The smallest absolute Gasteiger partial charge is 0.256 e. The van der Waals surface area contributed by atoms with Gasteiger partial charge in [-0.3, -0.25) is 9.59 Å². The fraction of sp³-hybridized carbons (Fsp3) is 0.520. The van der Waals surface area contributed by atoms with Crippen molar-refractivity contribution in [1.82, 2.24) is 5.32 Å². The SMILES string of the molecule is CCCCCOc1ccc(C(=O)Nc2sc3c(c2C(=O)N[C@H]2CCS(=O)(=O)C2)CCCC3)cc1. The summed E-state index contributed by atoms with van der Waals surface area (Å²) in [6, 6.07) is 6.63. The summed E-state index contributed by atoms with van der Waals surface area (Å²) in [5, 5.41) is 6.38. The molecule has 0 saturated carbocycles. The molecule has 2 heterocycles. The molecule has 2 aromatic rings. The van der Waals surface area contributed by atoms with E-state index in [1.54, 1.807) is 24.3 Å². The third-order valence-electron chi connectivity index (χ3n) is 6.33. The summed E-state index contributed by atoms with van der Waals surface area (Å²) in [7, 11) is -3.10. The summed E-state index contributed by atoms with van der Waals surface area (Å²) in [6.45, 7) is 2.80. The van der Waals surface area contributed by atoms with Crippen LogP contribution in [0.2, 0.25) is 0 Å². The van der Waals surface area contributed by atoms with E-state index in [1.165, 1.54) is 11.3 Å². The quantitative estimate of drug-likeness (QED) is 0.494. The number of unbranched alkanes of at least 4 members (excludes halogenated alkanes) is 2. The summed E-state index contributed by atoms with van der Waals surface area (Å²) in [5.41, 5.74) is 1.97. The van der Waals surface area contributed by atoms with Gasteiger partial charge < -0.3 is 15.4 Å². The number of anilines is 1. The predicted molar refractivity (Wildman–Crippen MR) is 135 cm³/mol. The molecular weight excluding hydrogens is 472 g/mol. The minimum Gasteiger partial charge on any atom is -0.494 e. The molecule has 1 aliphatic carbocycles. The number of hydrogen-bond donors (Lipinski definition) is 2. The zero-order valence-corrected chi connectivity index (χ0v) is 21.2. The first-order valence-corrected chi connectivity index (χ1v) is 14.7. The number of hydrogen-bond acceptors (Lipinski definition) is 6. The number of fused-ring (bicyclic) bond motifs is 1. The average molecular weight is 505 g/mol. The highest BCUT2D eigenvalue weighted by Crippen LogP contribution is 2.38. The molecule has 2 N–H and O–H groups in total. The summed E-state index contributed by atoms with van der Waals surface area (Å²) in [4.78, 5) is 27.3. The number of ether oxygens (including phenoxy) is 1. The normalized spacial score (nSPS) is 18.8. The Morgan fingerprint density at radius 1 is 1.09 bits per heavy atom. The minimum atomic E-state index is -3.10. The molecule has 0 radical (unpaired) electrons. The third-order valence-corrected chi connectivity index (χ3v) is 9.30. The molecule has 1 fully saturated rings. The van der Waals surface area contributed by atoms with E-state index in [4.69, 9.17) is 4.74 Å². The average Bonchev–Trinajstić information content (AvgIpc) is 3.35. The standard InChI is InChI=1S/C25H32N2O5S2/c1-2-3-6-14-32-19-11-9-17(10-12-19)23(28)27-25-22(20-7-4-5-8-21(20)33-25)24(29)26-18-13-15-34(30,31)16-18/h9-12,18H,2-8,13-16H2,1H3,(H,26,29)(H,27,28)/t18-/m0/s1. The molecule has 7 nitrogen and oxygen atoms in total. The lowest BCUT2D eigenvalue weighted by atomic mass is 9.95. The van der Waals surface area contributed by atoms with E-state index in [2.05, 4.69) is 17.6 Å². The Bertz CT molecular complexity index is 1140. The molecular formula is C25H32N2O5S2. The zero-order valence-electron chi connectivity index (χ0n) is 19.5. The zero-order chi connectivity index (χ0) is 24.1. The maximum Gasteiger partial charge on any atom is 0.256 e. The van der Waals surface area contributed by atoms with E-state index in [-0.39, 0.29) is 29.4 Å². The Kier molecular flexibility index (Phi) is 7.93. The van der Waals surface area contributed by atoms with Crippen LogP contribution in [0.15, 0.2) is 24.3 Å². The van der Waals surface area contributed by atoms with Crippen molar-refractivity contribution in [2.75, 3.05) is 23.4 Å². The van der Waals surface area contributed by atoms with Crippen LogP contribution in [0.3, 0.4) is 0 Å². The van der Waals surface area contributed by atoms with E-state index in [0.717, 1.165) is 61.1 Å². The summed E-state index contributed by atoms with van der Waals surface area (Å²) < 4.78 is 29.3. The molecule has 2 amide bonds. The number of rotatable bonds is 9. The number of nitrogens with one attached hydrogen (secondary N) is 2. The number of thiophene rings is 1. The van der Waals surface area contributed by atoms with Crippen molar-refractivity contribution in [3.05, 3.63) is 45.8 Å². The molecule has 1 aliphatic heterocycles. The Morgan fingerprint density at radius 3 is 2.56 bits per heavy atom. The van der Waals surface area contributed by atoms with E-state index in [9.17, 15) is 18.0 Å². The van der Waals surface area contributed by atoms with Gasteiger partial charge in [-0.2, -0.15) is 0 Å². The maximum absolute atomic E-state index is 13.2. The minimum absolute atomic E-state index is 0.0282. The monoisotopic (exact) mass is 504 g/mol. The number of aryl methyl sites for hydroxylation is 1. The van der Waals surface area contributed by atoms with Crippen molar-refractivity contribution >= 4 is 38.0 Å². The fourth-order valence-electron chi connectivity index (χ4n) is 4.48. The Morgan fingerprint density at radius 2 is 1.85 bits per heavy atom. The number of amides is 2. The van der Waals surface area contributed by atoms with Gasteiger partial charge in [-0.05, 0) is 68.4 Å². The first-order chi connectivity index (χ1) is 16.4. The Balaban J connectivity index is 1.47. The molecule has 2 aliphatic rings. The van der Waals surface area contributed by atoms with Gasteiger partial charge >= 0.3 is 0 Å². The van der Waals surface area contributed by atoms with Gasteiger partial charge in [0.15, 0.2) is 9.84 Å². The Labute approximate surface area is 205 Å². The maximum atomic E-state index is 13.2. The van der Waals surface area contributed by atoms with E-state index < -0.39 is 9.84 Å². The van der Waals surface area contributed by atoms with Crippen molar-refractivity contribution < 1.29 is 22.7 Å². The van der Waals surface area contributed by atoms with Gasteiger partial charge in [-0.25, -0.2) is 8.42 Å². The van der Waals surface area contributed by atoms with Gasteiger partial charge in [0.25, 0.3) is 11.8 Å².